The Balaban J connectivity index is 1.93. The van der Waals surface area contributed by atoms with Gasteiger partial charge in [-0.3, -0.25) is 4.79 Å². The highest BCUT2D eigenvalue weighted by Gasteiger charge is 2.19. The first-order chi connectivity index (χ1) is 13.5. The summed E-state index contributed by atoms with van der Waals surface area (Å²) in [5.74, 6) is 0.873. The number of para-hydroxylation sites is 1. The summed E-state index contributed by atoms with van der Waals surface area (Å²) in [6.07, 6.45) is 0. The molecule has 1 heterocycles. The minimum absolute atomic E-state index is 0.168. The first-order valence-corrected chi connectivity index (χ1v) is 9.16. The SMILES string of the molecule is CCN(C(=O)c1cc(C)nc(Nc2cc(C)ccc2OC)n1)c1ccccc1. The van der Waals surface area contributed by atoms with Crippen LogP contribution in [0.5, 0.6) is 5.75 Å². The van der Waals surface area contributed by atoms with Crippen LogP contribution in [0.25, 0.3) is 0 Å². The average molecular weight is 376 g/mol. The molecule has 6 nitrogen and oxygen atoms in total. The molecule has 0 saturated carbocycles. The molecule has 0 aliphatic carbocycles. The first kappa shape index (κ1) is 19.4. The topological polar surface area (TPSA) is 67.4 Å². The van der Waals surface area contributed by atoms with Crippen LogP contribution in [0.4, 0.5) is 17.3 Å². The van der Waals surface area contributed by atoms with E-state index < -0.39 is 0 Å². The molecule has 0 aliphatic heterocycles. The molecule has 6 heteroatoms. The molecule has 0 saturated heterocycles. The second kappa shape index (κ2) is 8.52. The van der Waals surface area contributed by atoms with Gasteiger partial charge in [-0.15, -0.1) is 0 Å². The lowest BCUT2D eigenvalue weighted by atomic mass is 10.2. The number of hydrogen-bond donors (Lipinski definition) is 1. The van der Waals surface area contributed by atoms with E-state index in [-0.39, 0.29) is 5.91 Å². The molecule has 1 aromatic heterocycles. The van der Waals surface area contributed by atoms with Crippen molar-refractivity contribution in [1.82, 2.24) is 9.97 Å². The van der Waals surface area contributed by atoms with Gasteiger partial charge in [0.05, 0.1) is 12.8 Å². The lowest BCUT2D eigenvalue weighted by molar-refractivity contribution is 0.0983. The van der Waals surface area contributed by atoms with E-state index >= 15 is 0 Å². The van der Waals surface area contributed by atoms with Crippen LogP contribution in [0.3, 0.4) is 0 Å². The van der Waals surface area contributed by atoms with Gasteiger partial charge in [-0.05, 0) is 56.7 Å². The van der Waals surface area contributed by atoms with Gasteiger partial charge in [-0.1, -0.05) is 24.3 Å². The summed E-state index contributed by atoms with van der Waals surface area (Å²) < 4.78 is 5.40. The number of anilines is 3. The summed E-state index contributed by atoms with van der Waals surface area (Å²) in [5.41, 5.74) is 3.71. The Morgan fingerprint density at radius 3 is 2.50 bits per heavy atom. The van der Waals surface area contributed by atoms with Crippen molar-refractivity contribution in [3.8, 4) is 5.75 Å². The van der Waals surface area contributed by atoms with Gasteiger partial charge in [0.2, 0.25) is 5.95 Å². The van der Waals surface area contributed by atoms with Crippen molar-refractivity contribution >= 4 is 23.2 Å². The van der Waals surface area contributed by atoms with Gasteiger partial charge in [-0.25, -0.2) is 9.97 Å². The van der Waals surface area contributed by atoms with Crippen LogP contribution in [-0.4, -0.2) is 29.5 Å². The molecule has 1 N–H and O–H groups in total. The highest BCUT2D eigenvalue weighted by atomic mass is 16.5. The van der Waals surface area contributed by atoms with E-state index in [4.69, 9.17) is 4.74 Å². The van der Waals surface area contributed by atoms with Crippen LogP contribution in [0, 0.1) is 13.8 Å². The van der Waals surface area contributed by atoms with E-state index in [1.165, 1.54) is 0 Å². The lowest BCUT2D eigenvalue weighted by Crippen LogP contribution is -2.31. The summed E-state index contributed by atoms with van der Waals surface area (Å²) >= 11 is 0. The Kier molecular flexibility index (Phi) is 5.89. The monoisotopic (exact) mass is 376 g/mol. The van der Waals surface area contributed by atoms with Crippen LogP contribution < -0.4 is 15.0 Å². The van der Waals surface area contributed by atoms with E-state index in [9.17, 15) is 4.79 Å². The molecule has 1 amide bonds. The molecule has 0 radical (unpaired) electrons. The molecule has 3 rings (SSSR count). The number of methoxy groups -OCH3 is 1. The van der Waals surface area contributed by atoms with Crippen molar-refractivity contribution < 1.29 is 9.53 Å². The fourth-order valence-corrected chi connectivity index (χ4v) is 2.96. The van der Waals surface area contributed by atoms with Crippen molar-refractivity contribution in [2.24, 2.45) is 0 Å². The number of aryl methyl sites for hydroxylation is 2. The number of carbonyl (C=O) groups is 1. The maximum Gasteiger partial charge on any atom is 0.277 e. The first-order valence-electron chi connectivity index (χ1n) is 9.16. The minimum atomic E-state index is -0.168. The van der Waals surface area contributed by atoms with Crippen molar-refractivity contribution in [3.05, 3.63) is 71.5 Å². The summed E-state index contributed by atoms with van der Waals surface area (Å²) in [5, 5.41) is 3.18. The highest BCUT2D eigenvalue weighted by molar-refractivity contribution is 6.05. The number of hydrogen-bond acceptors (Lipinski definition) is 5. The number of nitrogens with one attached hydrogen (secondary N) is 1. The number of aromatic nitrogens is 2. The molecule has 0 spiro atoms. The Morgan fingerprint density at radius 1 is 1.07 bits per heavy atom. The van der Waals surface area contributed by atoms with E-state index in [0.29, 0.717) is 29.6 Å². The Morgan fingerprint density at radius 2 is 1.82 bits per heavy atom. The van der Waals surface area contributed by atoms with Crippen molar-refractivity contribution in [3.63, 3.8) is 0 Å². The molecule has 0 aliphatic rings. The number of nitrogens with zero attached hydrogens (tertiary/aromatic N) is 3. The van der Waals surface area contributed by atoms with Gasteiger partial charge >= 0.3 is 0 Å². The second-order valence-corrected chi connectivity index (χ2v) is 6.43. The average Bonchev–Trinajstić information content (AvgIpc) is 2.69. The number of ether oxygens (including phenoxy) is 1. The van der Waals surface area contributed by atoms with Crippen molar-refractivity contribution in [1.29, 1.82) is 0 Å². The maximum atomic E-state index is 13.1. The minimum Gasteiger partial charge on any atom is -0.495 e. The zero-order chi connectivity index (χ0) is 20.1. The zero-order valence-electron chi connectivity index (χ0n) is 16.6. The molecular weight excluding hydrogens is 352 g/mol. The Bertz CT molecular complexity index is 974. The fraction of sp³-hybridized carbons (Fsp3) is 0.227. The predicted molar refractivity (Wildman–Crippen MR) is 112 cm³/mol. The molecule has 0 unspecified atom stereocenters. The second-order valence-electron chi connectivity index (χ2n) is 6.43. The molecule has 144 valence electrons. The molecule has 28 heavy (non-hydrogen) atoms. The van der Waals surface area contributed by atoms with Gasteiger partial charge < -0.3 is 15.0 Å². The van der Waals surface area contributed by atoms with Crippen LogP contribution in [0.1, 0.15) is 28.7 Å². The molecule has 3 aromatic rings. The lowest BCUT2D eigenvalue weighted by Gasteiger charge is -2.21. The largest absolute Gasteiger partial charge is 0.495 e. The van der Waals surface area contributed by atoms with Gasteiger partial charge in [0.25, 0.3) is 5.91 Å². The third kappa shape index (κ3) is 4.28. The molecule has 2 aromatic carbocycles. The fourth-order valence-electron chi connectivity index (χ4n) is 2.96. The van der Waals surface area contributed by atoms with E-state index in [1.807, 2.05) is 69.3 Å². The Hall–Kier alpha value is -3.41. The standard InChI is InChI=1S/C22H24N4O2/c1-5-26(17-9-7-6-8-10-17)21(27)19-14-16(3)23-22(25-19)24-18-13-15(2)11-12-20(18)28-4/h6-14H,5H2,1-4H3,(H,23,24,25). The quantitative estimate of drug-likeness (QED) is 0.685. The molecular formula is C22H24N4O2. The van der Waals surface area contributed by atoms with E-state index in [2.05, 4.69) is 15.3 Å². The van der Waals surface area contributed by atoms with E-state index in [1.54, 1.807) is 18.1 Å². The third-order valence-corrected chi connectivity index (χ3v) is 4.30. The maximum absolute atomic E-state index is 13.1. The van der Waals surface area contributed by atoms with Crippen LogP contribution in [-0.2, 0) is 0 Å². The number of benzene rings is 2. The van der Waals surface area contributed by atoms with Crippen molar-refractivity contribution in [2.45, 2.75) is 20.8 Å². The third-order valence-electron chi connectivity index (χ3n) is 4.30. The predicted octanol–water partition coefficient (Wildman–Crippen LogP) is 4.51. The normalized spacial score (nSPS) is 10.4. The molecule has 0 atom stereocenters. The number of rotatable bonds is 6. The van der Waals surface area contributed by atoms with E-state index in [0.717, 1.165) is 16.9 Å². The summed E-state index contributed by atoms with van der Waals surface area (Å²) in [6.45, 7) is 6.32. The van der Waals surface area contributed by atoms with Gasteiger partial charge in [-0.2, -0.15) is 0 Å². The Labute approximate surface area is 165 Å². The highest BCUT2D eigenvalue weighted by Crippen LogP contribution is 2.27. The van der Waals surface area contributed by atoms with Crippen LogP contribution in [0.15, 0.2) is 54.6 Å². The van der Waals surface area contributed by atoms with Gasteiger partial charge in [0, 0.05) is 17.9 Å². The summed E-state index contributed by atoms with van der Waals surface area (Å²) in [7, 11) is 1.61. The number of carbonyl (C=O) groups excluding carboxylic acids is 1. The number of amides is 1. The smallest absolute Gasteiger partial charge is 0.277 e. The van der Waals surface area contributed by atoms with Crippen molar-refractivity contribution in [2.75, 3.05) is 23.9 Å². The summed E-state index contributed by atoms with van der Waals surface area (Å²) in [4.78, 5) is 23.7. The zero-order valence-corrected chi connectivity index (χ0v) is 16.6. The molecule has 0 fully saturated rings. The van der Waals surface area contributed by atoms with Crippen LogP contribution >= 0.6 is 0 Å². The summed E-state index contributed by atoms with van der Waals surface area (Å²) in [6, 6.07) is 17.1. The van der Waals surface area contributed by atoms with Gasteiger partial charge in [0.15, 0.2) is 0 Å². The van der Waals surface area contributed by atoms with Gasteiger partial charge in [0.1, 0.15) is 11.4 Å². The molecule has 0 bridgehead atoms. The van der Waals surface area contributed by atoms with Crippen LogP contribution in [0.2, 0.25) is 0 Å².